The largest absolute Gasteiger partial charge is 0.463 e. The summed E-state index contributed by atoms with van der Waals surface area (Å²) in [5.74, 6) is -0.555. The Hall–Kier alpha value is -3.00. The number of halogens is 2. The molecule has 0 amide bonds. The SMILES string of the molecule is Nc1nc(-c2c[nH]c3nc(Cl)cnc23)nc(-c2ccco2)c1F. The van der Waals surface area contributed by atoms with Crippen LogP contribution in [0.2, 0.25) is 5.15 Å². The lowest BCUT2D eigenvalue weighted by Gasteiger charge is -2.05. The van der Waals surface area contributed by atoms with Gasteiger partial charge in [-0.3, -0.25) is 0 Å². The summed E-state index contributed by atoms with van der Waals surface area (Å²) in [6, 6.07) is 3.22. The van der Waals surface area contributed by atoms with Crippen LogP contribution in [0.1, 0.15) is 0 Å². The van der Waals surface area contributed by atoms with Crippen LogP contribution in [0.3, 0.4) is 0 Å². The monoisotopic (exact) mass is 330 g/mol. The van der Waals surface area contributed by atoms with Crippen molar-refractivity contribution in [2.24, 2.45) is 0 Å². The fourth-order valence-corrected chi connectivity index (χ4v) is 2.34. The Kier molecular flexibility index (Phi) is 2.98. The van der Waals surface area contributed by atoms with E-state index in [2.05, 4.69) is 24.9 Å². The molecule has 7 nitrogen and oxygen atoms in total. The van der Waals surface area contributed by atoms with Gasteiger partial charge in [0.25, 0.3) is 0 Å². The standard InChI is InChI=1S/C14H8ClFN6O/c15-8-5-18-10-6(4-19-14(10)20-8)13-21-11(7-2-1-3-23-7)9(16)12(17)22-13/h1-5H,(H,19,20)(H2,17,21,22). The highest BCUT2D eigenvalue weighted by atomic mass is 35.5. The highest BCUT2D eigenvalue weighted by Gasteiger charge is 2.19. The second-order valence-corrected chi connectivity index (χ2v) is 5.05. The number of fused-ring (bicyclic) bond motifs is 1. The Bertz CT molecular complexity index is 1010. The molecule has 0 aliphatic carbocycles. The van der Waals surface area contributed by atoms with Crippen LogP contribution in [-0.4, -0.2) is 24.9 Å². The predicted octanol–water partition coefficient (Wildman–Crippen LogP) is 3.05. The normalized spacial score (nSPS) is 11.2. The van der Waals surface area contributed by atoms with Crippen molar-refractivity contribution >= 4 is 28.6 Å². The molecule has 0 bridgehead atoms. The third-order valence-corrected chi connectivity index (χ3v) is 3.41. The van der Waals surface area contributed by atoms with E-state index in [1.165, 1.54) is 12.5 Å². The van der Waals surface area contributed by atoms with Crippen LogP contribution in [0.25, 0.3) is 34.0 Å². The van der Waals surface area contributed by atoms with Crippen molar-refractivity contribution in [3.63, 3.8) is 0 Å². The summed E-state index contributed by atoms with van der Waals surface area (Å²) in [7, 11) is 0. The lowest BCUT2D eigenvalue weighted by atomic mass is 10.2. The van der Waals surface area contributed by atoms with E-state index in [1.54, 1.807) is 18.3 Å². The average molecular weight is 331 g/mol. The van der Waals surface area contributed by atoms with Gasteiger partial charge in [-0.25, -0.2) is 24.3 Å². The minimum absolute atomic E-state index is 0.0197. The molecule has 23 heavy (non-hydrogen) atoms. The number of hydrogen-bond donors (Lipinski definition) is 2. The van der Waals surface area contributed by atoms with Gasteiger partial charge in [-0.15, -0.1) is 0 Å². The van der Waals surface area contributed by atoms with Crippen molar-refractivity contribution in [1.29, 1.82) is 0 Å². The van der Waals surface area contributed by atoms with E-state index in [-0.39, 0.29) is 28.2 Å². The molecule has 0 spiro atoms. The second kappa shape index (κ2) is 5.03. The van der Waals surface area contributed by atoms with Crippen LogP contribution in [0.5, 0.6) is 0 Å². The minimum Gasteiger partial charge on any atom is -0.463 e. The van der Waals surface area contributed by atoms with Gasteiger partial charge in [0.1, 0.15) is 16.4 Å². The van der Waals surface area contributed by atoms with Crippen LogP contribution in [-0.2, 0) is 0 Å². The van der Waals surface area contributed by atoms with Gasteiger partial charge in [0, 0.05) is 6.20 Å². The summed E-state index contributed by atoms with van der Waals surface area (Å²) in [6.45, 7) is 0. The van der Waals surface area contributed by atoms with Gasteiger partial charge in [-0.1, -0.05) is 11.6 Å². The average Bonchev–Trinajstić information content (AvgIpc) is 3.18. The third-order valence-electron chi connectivity index (χ3n) is 3.22. The molecule has 0 aliphatic heterocycles. The molecule has 9 heteroatoms. The van der Waals surface area contributed by atoms with E-state index in [9.17, 15) is 4.39 Å². The number of furan rings is 1. The maximum absolute atomic E-state index is 14.2. The van der Waals surface area contributed by atoms with Crippen LogP contribution in [0, 0.1) is 5.82 Å². The zero-order chi connectivity index (χ0) is 16.0. The summed E-state index contributed by atoms with van der Waals surface area (Å²) in [5, 5.41) is 0.252. The number of nitrogens with zero attached hydrogens (tertiary/aromatic N) is 4. The Morgan fingerprint density at radius 3 is 2.91 bits per heavy atom. The van der Waals surface area contributed by atoms with E-state index < -0.39 is 5.82 Å². The Morgan fingerprint density at radius 2 is 2.13 bits per heavy atom. The number of hydrogen-bond acceptors (Lipinski definition) is 6. The Labute approximate surface area is 133 Å². The molecular formula is C14H8ClFN6O. The quantitative estimate of drug-likeness (QED) is 0.585. The highest BCUT2D eigenvalue weighted by Crippen LogP contribution is 2.30. The first-order valence-electron chi connectivity index (χ1n) is 6.50. The second-order valence-electron chi connectivity index (χ2n) is 4.66. The summed E-state index contributed by atoms with van der Waals surface area (Å²) in [4.78, 5) is 19.4. The predicted molar refractivity (Wildman–Crippen MR) is 82.0 cm³/mol. The van der Waals surface area contributed by atoms with E-state index in [1.807, 2.05) is 0 Å². The number of rotatable bonds is 2. The molecule has 4 rings (SSSR count). The smallest absolute Gasteiger partial charge is 0.194 e. The van der Waals surface area contributed by atoms with E-state index in [4.69, 9.17) is 21.8 Å². The summed E-state index contributed by atoms with van der Waals surface area (Å²) in [5.41, 5.74) is 7.15. The van der Waals surface area contributed by atoms with Gasteiger partial charge in [-0.05, 0) is 12.1 Å². The van der Waals surface area contributed by atoms with Gasteiger partial charge in [0.15, 0.2) is 28.9 Å². The van der Waals surface area contributed by atoms with Gasteiger partial charge < -0.3 is 15.1 Å². The zero-order valence-electron chi connectivity index (χ0n) is 11.4. The molecular weight excluding hydrogens is 323 g/mol. The molecule has 0 radical (unpaired) electrons. The van der Waals surface area contributed by atoms with Crippen molar-refractivity contribution in [3.05, 3.63) is 41.8 Å². The van der Waals surface area contributed by atoms with E-state index >= 15 is 0 Å². The zero-order valence-corrected chi connectivity index (χ0v) is 12.2. The number of anilines is 1. The fourth-order valence-electron chi connectivity index (χ4n) is 2.21. The van der Waals surface area contributed by atoms with E-state index in [0.717, 1.165) is 0 Å². The molecule has 4 aromatic heterocycles. The first-order chi connectivity index (χ1) is 11.1. The third kappa shape index (κ3) is 2.20. The molecule has 0 unspecified atom stereocenters. The highest BCUT2D eigenvalue weighted by molar-refractivity contribution is 6.29. The first kappa shape index (κ1) is 13.6. The molecule has 4 aromatic rings. The van der Waals surface area contributed by atoms with Crippen LogP contribution < -0.4 is 5.73 Å². The number of aromatic nitrogens is 5. The Morgan fingerprint density at radius 1 is 1.26 bits per heavy atom. The molecule has 0 aromatic carbocycles. The fraction of sp³-hybridized carbons (Fsp3) is 0. The summed E-state index contributed by atoms with van der Waals surface area (Å²) < 4.78 is 19.4. The van der Waals surface area contributed by atoms with Gasteiger partial charge in [0.2, 0.25) is 0 Å². The first-order valence-corrected chi connectivity index (χ1v) is 6.88. The van der Waals surface area contributed by atoms with Crippen LogP contribution in [0.15, 0.2) is 35.2 Å². The summed E-state index contributed by atoms with van der Waals surface area (Å²) in [6.07, 6.45) is 4.44. The van der Waals surface area contributed by atoms with Crippen LogP contribution >= 0.6 is 11.6 Å². The molecule has 0 saturated carbocycles. The lowest BCUT2D eigenvalue weighted by Crippen LogP contribution is -2.03. The van der Waals surface area contributed by atoms with Gasteiger partial charge >= 0.3 is 0 Å². The van der Waals surface area contributed by atoms with Gasteiger partial charge in [0.05, 0.1) is 18.0 Å². The van der Waals surface area contributed by atoms with Crippen molar-refractivity contribution < 1.29 is 8.81 Å². The minimum atomic E-state index is -0.738. The number of nitrogens with two attached hydrogens (primary N) is 1. The topological polar surface area (TPSA) is 107 Å². The molecule has 0 aliphatic rings. The van der Waals surface area contributed by atoms with Crippen molar-refractivity contribution in [3.8, 4) is 22.8 Å². The maximum Gasteiger partial charge on any atom is 0.194 e. The molecule has 4 heterocycles. The lowest BCUT2D eigenvalue weighted by molar-refractivity contribution is 0.564. The molecule has 3 N–H and O–H groups in total. The van der Waals surface area contributed by atoms with Crippen molar-refractivity contribution in [2.45, 2.75) is 0 Å². The van der Waals surface area contributed by atoms with Crippen LogP contribution in [0.4, 0.5) is 10.2 Å². The molecule has 0 fully saturated rings. The van der Waals surface area contributed by atoms with Crippen molar-refractivity contribution in [2.75, 3.05) is 5.73 Å². The number of nitrogens with one attached hydrogen (secondary N) is 1. The molecule has 114 valence electrons. The Balaban J connectivity index is 1.95. The van der Waals surface area contributed by atoms with Crippen molar-refractivity contribution in [1.82, 2.24) is 24.9 Å². The number of H-pyrrole nitrogens is 1. The molecule has 0 saturated heterocycles. The summed E-state index contributed by atoms with van der Waals surface area (Å²) >= 11 is 5.81. The molecule has 0 atom stereocenters. The van der Waals surface area contributed by atoms with Gasteiger partial charge in [-0.2, -0.15) is 0 Å². The maximum atomic E-state index is 14.2. The number of aromatic amines is 1. The number of nitrogen functional groups attached to an aromatic ring is 1. The van der Waals surface area contributed by atoms with E-state index in [0.29, 0.717) is 16.7 Å².